The molecular formula is C8H16Ge. The summed E-state index contributed by atoms with van der Waals surface area (Å²) >= 11 is -1.35. The first kappa shape index (κ1) is 7.39. The van der Waals surface area contributed by atoms with E-state index < -0.39 is 13.3 Å². The van der Waals surface area contributed by atoms with Gasteiger partial charge in [-0.1, -0.05) is 0 Å². The van der Waals surface area contributed by atoms with Gasteiger partial charge >= 0.3 is 60.3 Å². The van der Waals surface area contributed by atoms with Gasteiger partial charge in [0.05, 0.1) is 0 Å². The molecule has 0 spiro atoms. The molecule has 52 valence electrons. The van der Waals surface area contributed by atoms with Gasteiger partial charge in [0.15, 0.2) is 0 Å². The van der Waals surface area contributed by atoms with Crippen LogP contribution in [0.15, 0.2) is 10.5 Å². The number of hydrogen-bond acceptors (Lipinski definition) is 0. The molecule has 0 saturated carbocycles. The van der Waals surface area contributed by atoms with Crippen LogP contribution in [0.4, 0.5) is 0 Å². The molecule has 0 N–H and O–H groups in total. The van der Waals surface area contributed by atoms with E-state index in [0.29, 0.717) is 5.41 Å². The SMILES string of the molecule is CC1(C)C=[C]1[Ge]([CH3])([CH3])[CH3]. The van der Waals surface area contributed by atoms with E-state index in [9.17, 15) is 0 Å². The van der Waals surface area contributed by atoms with Crippen LogP contribution in [0, 0.1) is 5.41 Å². The van der Waals surface area contributed by atoms with Crippen LogP contribution in [0.2, 0.25) is 17.3 Å². The van der Waals surface area contributed by atoms with E-state index in [1.54, 1.807) is 4.41 Å². The van der Waals surface area contributed by atoms with E-state index in [1.165, 1.54) is 0 Å². The zero-order valence-electron chi connectivity index (χ0n) is 7.08. The Morgan fingerprint density at radius 3 is 1.56 bits per heavy atom. The van der Waals surface area contributed by atoms with Crippen LogP contribution < -0.4 is 0 Å². The minimum atomic E-state index is -1.35. The minimum absolute atomic E-state index is 0.526. The number of allylic oxidation sites excluding steroid dienone is 2. The van der Waals surface area contributed by atoms with Gasteiger partial charge < -0.3 is 0 Å². The van der Waals surface area contributed by atoms with E-state index in [-0.39, 0.29) is 0 Å². The fourth-order valence-corrected chi connectivity index (χ4v) is 7.23. The Kier molecular flexibility index (Phi) is 1.36. The first-order valence-electron chi connectivity index (χ1n) is 3.58. The summed E-state index contributed by atoms with van der Waals surface area (Å²) in [7, 11) is 0. The molecule has 0 unspecified atom stereocenters. The Morgan fingerprint density at radius 2 is 1.56 bits per heavy atom. The summed E-state index contributed by atoms with van der Waals surface area (Å²) in [4.78, 5) is 0. The molecular weight excluding hydrogens is 169 g/mol. The van der Waals surface area contributed by atoms with Crippen molar-refractivity contribution in [2.24, 2.45) is 5.41 Å². The van der Waals surface area contributed by atoms with Crippen molar-refractivity contribution in [3.63, 3.8) is 0 Å². The summed E-state index contributed by atoms with van der Waals surface area (Å²) < 4.78 is 1.79. The molecule has 1 aliphatic rings. The second kappa shape index (κ2) is 1.66. The van der Waals surface area contributed by atoms with Gasteiger partial charge in [-0.15, -0.1) is 0 Å². The average Bonchev–Trinajstić information content (AvgIpc) is 2.10. The van der Waals surface area contributed by atoms with Crippen LogP contribution in [0.1, 0.15) is 13.8 Å². The molecule has 0 heterocycles. The molecule has 1 aliphatic carbocycles. The monoisotopic (exact) mass is 186 g/mol. The van der Waals surface area contributed by atoms with Crippen LogP contribution in [-0.4, -0.2) is 13.3 Å². The molecule has 0 saturated heterocycles. The van der Waals surface area contributed by atoms with Crippen LogP contribution in [0.3, 0.4) is 0 Å². The second-order valence-corrected chi connectivity index (χ2v) is 15.1. The number of hydrogen-bond donors (Lipinski definition) is 0. The quantitative estimate of drug-likeness (QED) is 0.550. The van der Waals surface area contributed by atoms with Gasteiger partial charge in [-0.3, -0.25) is 0 Å². The molecule has 0 aliphatic heterocycles. The molecule has 0 nitrogen and oxygen atoms in total. The van der Waals surface area contributed by atoms with Gasteiger partial charge in [0.25, 0.3) is 0 Å². The predicted molar refractivity (Wildman–Crippen MR) is 45.2 cm³/mol. The summed E-state index contributed by atoms with van der Waals surface area (Å²) in [6.07, 6.45) is 2.44. The summed E-state index contributed by atoms with van der Waals surface area (Å²) in [5.74, 6) is 7.38. The molecule has 0 atom stereocenters. The summed E-state index contributed by atoms with van der Waals surface area (Å²) in [5, 5.41) is 0. The van der Waals surface area contributed by atoms with Crippen molar-refractivity contribution in [2.75, 3.05) is 0 Å². The van der Waals surface area contributed by atoms with Gasteiger partial charge in [-0.25, -0.2) is 0 Å². The molecule has 1 rings (SSSR count). The topological polar surface area (TPSA) is 0 Å². The van der Waals surface area contributed by atoms with Gasteiger partial charge in [0, 0.05) is 0 Å². The van der Waals surface area contributed by atoms with Crippen molar-refractivity contribution in [2.45, 2.75) is 31.1 Å². The van der Waals surface area contributed by atoms with Crippen LogP contribution >= 0.6 is 0 Å². The van der Waals surface area contributed by atoms with Crippen LogP contribution in [-0.2, 0) is 0 Å². The Hall–Kier alpha value is 0.283. The molecule has 1 heteroatoms. The zero-order chi connectivity index (χ0) is 7.28. The van der Waals surface area contributed by atoms with Gasteiger partial charge in [-0.05, 0) is 0 Å². The fraction of sp³-hybridized carbons (Fsp3) is 0.750. The Morgan fingerprint density at radius 1 is 1.22 bits per heavy atom. The first-order chi connectivity index (χ1) is 3.84. The molecule has 9 heavy (non-hydrogen) atoms. The molecule has 0 aromatic heterocycles. The van der Waals surface area contributed by atoms with Crippen LogP contribution in [0.5, 0.6) is 0 Å². The second-order valence-electron chi connectivity index (χ2n) is 4.53. The fourth-order valence-electron chi connectivity index (χ4n) is 1.51. The van der Waals surface area contributed by atoms with E-state index in [0.717, 1.165) is 0 Å². The standard InChI is InChI=1S/C8H16Ge/c1-8(2)6-7(8)9(3,4)5/h6H,1-5H3. The molecule has 0 fully saturated rings. The van der Waals surface area contributed by atoms with Crippen LogP contribution in [0.25, 0.3) is 0 Å². The van der Waals surface area contributed by atoms with Gasteiger partial charge in [0.2, 0.25) is 0 Å². The molecule has 0 aromatic carbocycles. The van der Waals surface area contributed by atoms with E-state index >= 15 is 0 Å². The Bertz CT molecular complexity index is 158. The normalized spacial score (nSPS) is 23.4. The third kappa shape index (κ3) is 1.40. The van der Waals surface area contributed by atoms with Gasteiger partial charge in [-0.2, -0.15) is 0 Å². The summed E-state index contributed by atoms with van der Waals surface area (Å²) in [6.45, 7) is 4.64. The Balaban J connectivity index is 2.62. The first-order valence-corrected chi connectivity index (χ1v) is 10.9. The number of rotatable bonds is 1. The molecule has 0 amide bonds. The summed E-state index contributed by atoms with van der Waals surface area (Å²) in [6, 6.07) is 0. The third-order valence-electron chi connectivity index (χ3n) is 1.92. The average molecular weight is 185 g/mol. The van der Waals surface area contributed by atoms with Crippen molar-refractivity contribution in [1.82, 2.24) is 0 Å². The third-order valence-corrected chi connectivity index (χ3v) is 6.97. The maximum absolute atomic E-state index is 2.46. The molecule has 0 aromatic rings. The van der Waals surface area contributed by atoms with Crippen molar-refractivity contribution in [3.8, 4) is 0 Å². The summed E-state index contributed by atoms with van der Waals surface area (Å²) in [5.41, 5.74) is 0.526. The van der Waals surface area contributed by atoms with Crippen molar-refractivity contribution < 1.29 is 0 Å². The maximum atomic E-state index is 2.46. The zero-order valence-corrected chi connectivity index (χ0v) is 9.18. The van der Waals surface area contributed by atoms with E-state index in [1.807, 2.05) is 0 Å². The van der Waals surface area contributed by atoms with E-state index in [2.05, 4.69) is 37.2 Å². The van der Waals surface area contributed by atoms with Gasteiger partial charge in [0.1, 0.15) is 0 Å². The molecule has 0 radical (unpaired) electrons. The van der Waals surface area contributed by atoms with Crippen molar-refractivity contribution in [1.29, 1.82) is 0 Å². The molecule has 0 bridgehead atoms. The van der Waals surface area contributed by atoms with E-state index in [4.69, 9.17) is 0 Å². The van der Waals surface area contributed by atoms with Crippen molar-refractivity contribution in [3.05, 3.63) is 10.5 Å². The van der Waals surface area contributed by atoms with Crippen molar-refractivity contribution >= 4 is 13.3 Å². The Labute approximate surface area is 60.7 Å². The predicted octanol–water partition coefficient (Wildman–Crippen LogP) is 2.83.